The molecule has 0 radical (unpaired) electrons. The predicted molar refractivity (Wildman–Crippen MR) is 135 cm³/mol. The zero-order valence-electron chi connectivity index (χ0n) is 22.9. The van der Waals surface area contributed by atoms with Gasteiger partial charge in [0.25, 0.3) is 10.1 Å². The van der Waals surface area contributed by atoms with E-state index < -0.39 is 32.7 Å². The molecule has 0 aliphatic heterocycles. The van der Waals surface area contributed by atoms with Crippen molar-refractivity contribution in [2.24, 2.45) is 5.92 Å². The maximum absolute atomic E-state index is 12.2. The molecule has 0 aromatic carbocycles. The molecule has 0 saturated carbocycles. The van der Waals surface area contributed by atoms with Crippen molar-refractivity contribution in [1.82, 2.24) is 0 Å². The largest absolute Gasteiger partial charge is 2.00 e. The first-order chi connectivity index (χ1) is 15.1. The Hall–Kier alpha value is 0.110. The molecule has 33 heavy (non-hydrogen) atoms. The van der Waals surface area contributed by atoms with Crippen LogP contribution in [0.3, 0.4) is 0 Å². The van der Waals surface area contributed by atoms with Gasteiger partial charge in [-0.05, 0) is 12.8 Å². The number of unbranched alkanes of at least 4 members (excludes halogenated alkanes) is 14. The van der Waals surface area contributed by atoms with Crippen molar-refractivity contribution in [3.63, 3.8) is 0 Å². The van der Waals surface area contributed by atoms with E-state index >= 15 is 0 Å². The number of carbonyl (C=O) groups is 2. The third-order valence-corrected chi connectivity index (χ3v) is 8.02. The Kier molecular flexibility index (Phi) is 21.7. The second-order valence-electron chi connectivity index (χ2n) is 9.05. The molecule has 7 nitrogen and oxygen atoms in total. The molecule has 2 atom stereocenters. The van der Waals surface area contributed by atoms with Crippen molar-refractivity contribution in [3.05, 3.63) is 0 Å². The second-order valence-corrected chi connectivity index (χ2v) is 10.7. The van der Waals surface area contributed by atoms with Crippen molar-refractivity contribution in [3.8, 4) is 0 Å². The number of aliphatic carboxylic acids is 2. The summed E-state index contributed by atoms with van der Waals surface area (Å²) in [6, 6.07) is 0. The van der Waals surface area contributed by atoms with Gasteiger partial charge < -0.3 is 13.1 Å². The molecule has 0 amide bonds. The Bertz CT molecular complexity index is 635. The molecule has 0 heterocycles. The molecule has 3 N–H and O–H groups in total. The van der Waals surface area contributed by atoms with E-state index in [0.717, 1.165) is 70.6 Å². The summed E-state index contributed by atoms with van der Waals surface area (Å²) in [7, 11) is -5.11. The van der Waals surface area contributed by atoms with Crippen molar-refractivity contribution in [1.29, 1.82) is 0 Å². The monoisotopic (exact) mass is 520 g/mol. The molecule has 0 aliphatic rings. The molecule has 2 unspecified atom stereocenters. The van der Waals surface area contributed by atoms with E-state index in [4.69, 9.17) is 0 Å². The van der Waals surface area contributed by atoms with Crippen LogP contribution in [0.25, 0.3) is 0 Å². The minimum Gasteiger partial charge on any atom is -1.00 e. The molecule has 0 rings (SSSR count). The standard InChI is InChI=1S/C24H46O7S.Ca.2H/c1-3-5-7-9-11-13-15-17-19-21(22(25)26)24(23(27)28,32(29,30)31)20-18-16-14-12-10-8-6-4-2;;;/h21H,3-20H2,1-2H3,(H,25,26)(H,27,28)(H,29,30,31);;;/q;+2;2*-1. The van der Waals surface area contributed by atoms with E-state index in [1.54, 1.807) is 0 Å². The summed E-state index contributed by atoms with van der Waals surface area (Å²) in [5.74, 6) is -4.91. The van der Waals surface area contributed by atoms with Crippen LogP contribution in [-0.2, 0) is 19.7 Å². The van der Waals surface area contributed by atoms with Crippen LogP contribution in [0, 0.1) is 5.92 Å². The molecule has 0 aromatic rings. The predicted octanol–water partition coefficient (Wildman–Crippen LogP) is 6.30. The number of carboxylic acids is 2. The van der Waals surface area contributed by atoms with Crippen LogP contribution < -0.4 is 0 Å². The van der Waals surface area contributed by atoms with Gasteiger partial charge in [0.1, 0.15) is 0 Å². The number of hydrogen-bond donors (Lipinski definition) is 3. The van der Waals surface area contributed by atoms with E-state index in [1.165, 1.54) is 12.8 Å². The number of carboxylic acid groups (broad SMARTS) is 2. The SMILES string of the molecule is CCCCCCCCCCC(C(=O)O)C(CCCCCCCCCC)(C(=O)O)S(=O)(=O)O.[Ca+2].[H-].[H-]. The van der Waals surface area contributed by atoms with E-state index in [1.807, 2.05) is 0 Å². The Balaban J connectivity index is -0.00000160. The van der Waals surface area contributed by atoms with Gasteiger partial charge in [-0.1, -0.05) is 117 Å². The fourth-order valence-corrected chi connectivity index (χ4v) is 5.61. The van der Waals surface area contributed by atoms with Crippen molar-refractivity contribution < 1.29 is 35.6 Å². The van der Waals surface area contributed by atoms with Crippen LogP contribution in [0.15, 0.2) is 0 Å². The van der Waals surface area contributed by atoms with Gasteiger partial charge in [0, 0.05) is 0 Å². The Morgan fingerprint density at radius 3 is 1.42 bits per heavy atom. The first-order valence-electron chi connectivity index (χ1n) is 12.6. The average molecular weight is 521 g/mol. The van der Waals surface area contributed by atoms with Gasteiger partial charge in [0.05, 0.1) is 5.92 Å². The molecule has 0 spiro atoms. The van der Waals surface area contributed by atoms with Crippen molar-refractivity contribution in [2.45, 2.75) is 134 Å². The van der Waals surface area contributed by atoms with Gasteiger partial charge in [-0.2, -0.15) is 8.42 Å². The van der Waals surface area contributed by atoms with E-state index in [9.17, 15) is 32.8 Å². The van der Waals surface area contributed by atoms with E-state index in [0.29, 0.717) is 12.8 Å². The summed E-state index contributed by atoms with van der Waals surface area (Å²) in [5.41, 5.74) is 0. The Morgan fingerprint density at radius 1 is 0.727 bits per heavy atom. The fraction of sp³-hybridized carbons (Fsp3) is 0.917. The minimum absolute atomic E-state index is 0. The maximum atomic E-state index is 12.2. The van der Waals surface area contributed by atoms with Crippen LogP contribution in [0.4, 0.5) is 0 Å². The summed E-state index contributed by atoms with van der Waals surface area (Å²) < 4.78 is 31.6. The van der Waals surface area contributed by atoms with E-state index in [2.05, 4.69) is 13.8 Å². The third-order valence-electron chi connectivity index (χ3n) is 6.43. The minimum atomic E-state index is -5.11. The van der Waals surface area contributed by atoms with Crippen LogP contribution in [-0.4, -0.2) is 77.6 Å². The summed E-state index contributed by atoms with van der Waals surface area (Å²) in [6.07, 6.45) is 14.4. The third kappa shape index (κ3) is 13.7. The van der Waals surface area contributed by atoms with Crippen LogP contribution >= 0.6 is 0 Å². The molecule has 0 saturated heterocycles. The summed E-state index contributed by atoms with van der Waals surface area (Å²) in [5, 5.41) is 19.5. The first-order valence-corrected chi connectivity index (χ1v) is 14.0. The average Bonchev–Trinajstić information content (AvgIpc) is 2.71. The van der Waals surface area contributed by atoms with Crippen LogP contribution in [0.2, 0.25) is 0 Å². The quantitative estimate of drug-likeness (QED) is 0.0867. The van der Waals surface area contributed by atoms with Gasteiger partial charge >= 0.3 is 49.7 Å². The van der Waals surface area contributed by atoms with Crippen molar-refractivity contribution in [2.75, 3.05) is 0 Å². The molecular weight excluding hydrogens is 472 g/mol. The number of rotatable bonds is 22. The molecule has 0 aliphatic carbocycles. The molecule has 0 aromatic heterocycles. The smallest absolute Gasteiger partial charge is 1.00 e. The van der Waals surface area contributed by atoms with Gasteiger partial charge in [-0.25, -0.2) is 0 Å². The van der Waals surface area contributed by atoms with Crippen LogP contribution in [0.5, 0.6) is 0 Å². The molecule has 9 heteroatoms. The van der Waals surface area contributed by atoms with Crippen molar-refractivity contribution >= 4 is 59.8 Å². The zero-order valence-corrected chi connectivity index (χ0v) is 23.9. The van der Waals surface area contributed by atoms with Crippen LogP contribution in [0.1, 0.15) is 132 Å². The topological polar surface area (TPSA) is 129 Å². The molecule has 0 bridgehead atoms. The fourth-order valence-electron chi connectivity index (χ4n) is 4.41. The summed E-state index contributed by atoms with van der Waals surface area (Å²) in [4.78, 5) is 24.0. The molecule has 0 fully saturated rings. The molecule has 194 valence electrons. The normalized spacial score (nSPS) is 14.3. The van der Waals surface area contributed by atoms with Gasteiger partial charge in [0.2, 0.25) is 4.75 Å². The second kappa shape index (κ2) is 20.3. The Morgan fingerprint density at radius 2 is 1.09 bits per heavy atom. The summed E-state index contributed by atoms with van der Waals surface area (Å²) >= 11 is 0. The Labute approximate surface area is 234 Å². The molecular formula is C24H48CaO7S. The van der Waals surface area contributed by atoms with Gasteiger partial charge in [0.15, 0.2) is 0 Å². The zero-order chi connectivity index (χ0) is 24.5. The maximum Gasteiger partial charge on any atom is 2.00 e. The number of hydrogen-bond acceptors (Lipinski definition) is 4. The summed E-state index contributed by atoms with van der Waals surface area (Å²) in [6.45, 7) is 4.27. The van der Waals surface area contributed by atoms with E-state index in [-0.39, 0.29) is 59.9 Å². The first kappa shape index (κ1) is 35.3. The van der Waals surface area contributed by atoms with Gasteiger partial charge in [-0.15, -0.1) is 0 Å². The van der Waals surface area contributed by atoms with Gasteiger partial charge in [-0.3, -0.25) is 14.1 Å².